The molecule has 1 fully saturated rings. The SMILES string of the molecule is O=C(c1ccncc1)N1CCC[C@H]1c1cncc(-n2ccnc2)n1. The number of carbonyl (C=O) groups is 1. The highest BCUT2D eigenvalue weighted by molar-refractivity contribution is 5.94. The molecule has 4 heterocycles. The Balaban J connectivity index is 1.64. The van der Waals surface area contributed by atoms with Gasteiger partial charge < -0.3 is 4.90 Å². The number of likely N-dealkylation sites (tertiary alicyclic amines) is 1. The van der Waals surface area contributed by atoms with Crippen LogP contribution in [0.3, 0.4) is 0 Å². The molecule has 0 spiro atoms. The molecule has 3 aromatic rings. The molecule has 0 bridgehead atoms. The highest BCUT2D eigenvalue weighted by Gasteiger charge is 2.31. The van der Waals surface area contributed by atoms with E-state index in [0.717, 1.165) is 25.1 Å². The Morgan fingerprint density at radius 2 is 1.96 bits per heavy atom. The van der Waals surface area contributed by atoms with Gasteiger partial charge in [-0.15, -0.1) is 0 Å². The van der Waals surface area contributed by atoms with E-state index in [2.05, 4.69) is 19.9 Å². The molecule has 0 radical (unpaired) electrons. The average Bonchev–Trinajstić information content (AvgIpc) is 3.34. The summed E-state index contributed by atoms with van der Waals surface area (Å²) in [5.74, 6) is 0.711. The lowest BCUT2D eigenvalue weighted by molar-refractivity contribution is 0.0732. The summed E-state index contributed by atoms with van der Waals surface area (Å²) >= 11 is 0. The number of imidazole rings is 1. The molecule has 0 N–H and O–H groups in total. The van der Waals surface area contributed by atoms with E-state index in [-0.39, 0.29) is 11.9 Å². The second-order valence-corrected chi connectivity index (χ2v) is 5.66. The number of nitrogens with zero attached hydrogens (tertiary/aromatic N) is 6. The van der Waals surface area contributed by atoms with Gasteiger partial charge >= 0.3 is 0 Å². The molecule has 4 rings (SSSR count). The average molecular weight is 320 g/mol. The van der Waals surface area contributed by atoms with Gasteiger partial charge in [-0.2, -0.15) is 0 Å². The number of carbonyl (C=O) groups excluding carboxylic acids is 1. The molecular formula is C17H16N6O. The van der Waals surface area contributed by atoms with Gasteiger partial charge in [-0.3, -0.25) is 19.3 Å². The lowest BCUT2D eigenvalue weighted by Gasteiger charge is -2.24. The van der Waals surface area contributed by atoms with Crippen molar-refractivity contribution >= 4 is 5.91 Å². The Morgan fingerprint density at radius 3 is 2.75 bits per heavy atom. The van der Waals surface area contributed by atoms with E-state index >= 15 is 0 Å². The van der Waals surface area contributed by atoms with E-state index in [1.54, 1.807) is 54.0 Å². The molecule has 1 amide bonds. The van der Waals surface area contributed by atoms with Crippen molar-refractivity contribution in [3.8, 4) is 5.82 Å². The maximum absolute atomic E-state index is 12.8. The molecule has 0 unspecified atom stereocenters. The van der Waals surface area contributed by atoms with Crippen LogP contribution in [0.2, 0.25) is 0 Å². The van der Waals surface area contributed by atoms with Gasteiger partial charge in [-0.05, 0) is 25.0 Å². The van der Waals surface area contributed by atoms with Gasteiger partial charge in [0, 0.05) is 36.9 Å². The zero-order valence-electron chi connectivity index (χ0n) is 13.0. The largest absolute Gasteiger partial charge is 0.330 e. The summed E-state index contributed by atoms with van der Waals surface area (Å²) in [6.07, 6.45) is 13.7. The Labute approximate surface area is 139 Å². The van der Waals surface area contributed by atoms with Crippen molar-refractivity contribution in [1.29, 1.82) is 0 Å². The zero-order valence-corrected chi connectivity index (χ0v) is 13.0. The van der Waals surface area contributed by atoms with E-state index in [9.17, 15) is 4.79 Å². The van der Waals surface area contributed by atoms with Gasteiger partial charge in [0.1, 0.15) is 6.33 Å². The summed E-state index contributed by atoms with van der Waals surface area (Å²) in [6.45, 7) is 0.725. The standard InChI is InChI=1S/C17H16N6O/c24-17(13-3-5-18-6-4-13)23-8-1-2-15(23)14-10-20-11-16(21-14)22-9-7-19-12-22/h3-7,9-12,15H,1-2,8H2/t15-/m0/s1. The maximum atomic E-state index is 12.8. The first kappa shape index (κ1) is 14.5. The monoisotopic (exact) mass is 320 g/mol. The van der Waals surface area contributed by atoms with Gasteiger partial charge in [0.2, 0.25) is 0 Å². The molecule has 1 aliphatic rings. The fourth-order valence-electron chi connectivity index (χ4n) is 3.03. The Kier molecular flexibility index (Phi) is 3.74. The van der Waals surface area contributed by atoms with Crippen molar-refractivity contribution in [2.24, 2.45) is 0 Å². The Morgan fingerprint density at radius 1 is 1.08 bits per heavy atom. The first-order valence-corrected chi connectivity index (χ1v) is 7.84. The molecule has 7 nitrogen and oxygen atoms in total. The smallest absolute Gasteiger partial charge is 0.254 e. The van der Waals surface area contributed by atoms with Gasteiger partial charge in [0.15, 0.2) is 5.82 Å². The quantitative estimate of drug-likeness (QED) is 0.738. The van der Waals surface area contributed by atoms with Gasteiger partial charge in [-0.1, -0.05) is 0 Å². The summed E-state index contributed by atoms with van der Waals surface area (Å²) in [6, 6.07) is 3.43. The number of rotatable bonds is 3. The number of pyridine rings is 1. The lowest BCUT2D eigenvalue weighted by Crippen LogP contribution is -2.31. The molecule has 1 aliphatic heterocycles. The lowest BCUT2D eigenvalue weighted by atomic mass is 10.1. The van der Waals surface area contributed by atoms with Crippen LogP contribution in [0, 0.1) is 0 Å². The number of hydrogen-bond acceptors (Lipinski definition) is 5. The molecule has 24 heavy (non-hydrogen) atoms. The molecule has 1 saturated heterocycles. The van der Waals surface area contributed by atoms with Gasteiger partial charge in [0.25, 0.3) is 5.91 Å². The van der Waals surface area contributed by atoms with Crippen LogP contribution >= 0.6 is 0 Å². The van der Waals surface area contributed by atoms with E-state index in [1.165, 1.54) is 0 Å². The summed E-state index contributed by atoms with van der Waals surface area (Å²) in [5.41, 5.74) is 1.46. The van der Waals surface area contributed by atoms with E-state index < -0.39 is 0 Å². The summed E-state index contributed by atoms with van der Waals surface area (Å²) in [4.78, 5) is 31.6. The third-order valence-corrected chi connectivity index (χ3v) is 4.19. The summed E-state index contributed by atoms with van der Waals surface area (Å²) in [5, 5.41) is 0. The van der Waals surface area contributed by atoms with Crippen molar-refractivity contribution in [2.45, 2.75) is 18.9 Å². The molecule has 0 aromatic carbocycles. The molecule has 7 heteroatoms. The number of amides is 1. The molecular weight excluding hydrogens is 304 g/mol. The third-order valence-electron chi connectivity index (χ3n) is 4.19. The summed E-state index contributed by atoms with van der Waals surface area (Å²) < 4.78 is 1.81. The van der Waals surface area contributed by atoms with Crippen molar-refractivity contribution in [3.05, 3.63) is 66.9 Å². The summed E-state index contributed by atoms with van der Waals surface area (Å²) in [7, 11) is 0. The van der Waals surface area contributed by atoms with Crippen LogP contribution in [0.25, 0.3) is 5.82 Å². The predicted molar refractivity (Wildman–Crippen MR) is 86.4 cm³/mol. The van der Waals surface area contributed by atoms with Crippen LogP contribution in [-0.4, -0.2) is 41.9 Å². The first-order valence-electron chi connectivity index (χ1n) is 7.84. The normalized spacial score (nSPS) is 17.2. The third kappa shape index (κ3) is 2.64. The fraction of sp³-hybridized carbons (Fsp3) is 0.235. The van der Waals surface area contributed by atoms with E-state index in [4.69, 9.17) is 0 Å². The van der Waals surface area contributed by atoms with Crippen LogP contribution in [0.5, 0.6) is 0 Å². The van der Waals surface area contributed by atoms with E-state index in [0.29, 0.717) is 11.4 Å². The minimum Gasteiger partial charge on any atom is -0.330 e. The molecule has 0 aliphatic carbocycles. The van der Waals surface area contributed by atoms with Crippen LogP contribution in [0.1, 0.15) is 34.9 Å². The van der Waals surface area contributed by atoms with Crippen molar-refractivity contribution in [2.75, 3.05) is 6.54 Å². The molecule has 3 aromatic heterocycles. The van der Waals surface area contributed by atoms with Crippen molar-refractivity contribution in [1.82, 2.24) is 29.4 Å². The Bertz CT molecular complexity index is 833. The molecule has 0 saturated carbocycles. The molecule has 120 valence electrons. The van der Waals surface area contributed by atoms with Crippen LogP contribution in [0.4, 0.5) is 0 Å². The highest BCUT2D eigenvalue weighted by atomic mass is 16.2. The Hall–Kier alpha value is -3.09. The van der Waals surface area contributed by atoms with Crippen LogP contribution < -0.4 is 0 Å². The van der Waals surface area contributed by atoms with Crippen LogP contribution in [0.15, 0.2) is 55.6 Å². The first-order chi connectivity index (χ1) is 11.8. The van der Waals surface area contributed by atoms with Crippen molar-refractivity contribution in [3.63, 3.8) is 0 Å². The minimum atomic E-state index is -0.0540. The van der Waals surface area contributed by atoms with Gasteiger partial charge in [0.05, 0.1) is 24.1 Å². The van der Waals surface area contributed by atoms with E-state index in [1.807, 2.05) is 11.1 Å². The molecule has 1 atom stereocenters. The predicted octanol–water partition coefficient (Wildman–Crippen LogP) is 2.03. The zero-order chi connectivity index (χ0) is 16.4. The number of hydrogen-bond donors (Lipinski definition) is 0. The van der Waals surface area contributed by atoms with Crippen molar-refractivity contribution < 1.29 is 4.79 Å². The second kappa shape index (κ2) is 6.19. The topological polar surface area (TPSA) is 76.8 Å². The van der Waals surface area contributed by atoms with Crippen LogP contribution in [-0.2, 0) is 0 Å². The highest BCUT2D eigenvalue weighted by Crippen LogP contribution is 2.32. The minimum absolute atomic E-state index is 0.00901. The fourth-order valence-corrected chi connectivity index (χ4v) is 3.03. The van der Waals surface area contributed by atoms with Gasteiger partial charge in [-0.25, -0.2) is 9.97 Å². The second-order valence-electron chi connectivity index (χ2n) is 5.66. The maximum Gasteiger partial charge on any atom is 0.254 e. The number of aromatic nitrogens is 5.